The lowest BCUT2D eigenvalue weighted by Crippen LogP contribution is -2.00. The van der Waals surface area contributed by atoms with Crippen LogP contribution >= 0.6 is 0 Å². The van der Waals surface area contributed by atoms with E-state index < -0.39 is 11.1 Å². The summed E-state index contributed by atoms with van der Waals surface area (Å²) in [5.41, 5.74) is 1.41. The Bertz CT molecular complexity index is 385. The van der Waals surface area contributed by atoms with E-state index in [1.165, 1.54) is 14.0 Å². The minimum Gasteiger partial charge on any atom is -0.295 e. The zero-order valence-electron chi connectivity index (χ0n) is 8.37. The van der Waals surface area contributed by atoms with Crippen LogP contribution < -0.4 is 0 Å². The number of ketones is 1. The third-order valence-electron chi connectivity index (χ3n) is 1.93. The van der Waals surface area contributed by atoms with Crippen molar-refractivity contribution in [1.82, 2.24) is 0 Å². The average molecular weight is 212 g/mol. The van der Waals surface area contributed by atoms with Crippen LogP contribution in [0.25, 0.3) is 0 Å². The summed E-state index contributed by atoms with van der Waals surface area (Å²) in [7, 11) is 1.37. The smallest absolute Gasteiger partial charge is 0.189 e. The Morgan fingerprint density at radius 2 is 2.07 bits per heavy atom. The molecule has 3 nitrogen and oxygen atoms in total. The molecule has 0 saturated heterocycles. The van der Waals surface area contributed by atoms with Crippen LogP contribution in [0.1, 0.15) is 22.8 Å². The van der Waals surface area contributed by atoms with Crippen LogP contribution in [0.2, 0.25) is 0 Å². The van der Waals surface area contributed by atoms with Crippen LogP contribution in [0, 0.1) is 6.92 Å². The van der Waals surface area contributed by atoms with Crippen molar-refractivity contribution in [3.05, 3.63) is 29.3 Å². The Hall–Kier alpha value is -1.00. The van der Waals surface area contributed by atoms with Crippen molar-refractivity contribution in [3.63, 3.8) is 0 Å². The highest BCUT2D eigenvalue weighted by atomic mass is 32.2. The molecule has 1 atom stereocenters. The second-order valence-electron chi connectivity index (χ2n) is 2.94. The molecule has 0 N–H and O–H groups in total. The second kappa shape index (κ2) is 4.48. The van der Waals surface area contributed by atoms with E-state index in [0.29, 0.717) is 10.5 Å². The molecule has 0 aliphatic carbocycles. The molecule has 1 rings (SSSR count). The zero-order valence-corrected chi connectivity index (χ0v) is 9.18. The molecule has 76 valence electrons. The predicted octanol–water partition coefficient (Wildman–Crippen LogP) is 1.87. The number of aryl methyl sites for hydroxylation is 1. The quantitative estimate of drug-likeness (QED) is 0.718. The molecule has 4 heteroatoms. The van der Waals surface area contributed by atoms with Crippen molar-refractivity contribution in [2.75, 3.05) is 7.11 Å². The number of carbonyl (C=O) groups excluding carboxylic acids is 1. The van der Waals surface area contributed by atoms with Crippen LogP contribution in [0.3, 0.4) is 0 Å². The fourth-order valence-corrected chi connectivity index (χ4v) is 1.82. The van der Waals surface area contributed by atoms with Gasteiger partial charge in [0.2, 0.25) is 0 Å². The lowest BCUT2D eigenvalue weighted by molar-refractivity contribution is 0.101. The van der Waals surface area contributed by atoms with E-state index in [2.05, 4.69) is 0 Å². The highest BCUT2D eigenvalue weighted by molar-refractivity contribution is 7.80. The lowest BCUT2D eigenvalue weighted by atomic mass is 10.1. The highest BCUT2D eigenvalue weighted by Gasteiger charge is 2.09. The van der Waals surface area contributed by atoms with Crippen molar-refractivity contribution < 1.29 is 13.2 Å². The molecule has 0 aromatic heterocycles. The van der Waals surface area contributed by atoms with E-state index in [1.54, 1.807) is 18.2 Å². The largest absolute Gasteiger partial charge is 0.295 e. The molecule has 14 heavy (non-hydrogen) atoms. The van der Waals surface area contributed by atoms with Crippen LogP contribution in [0.4, 0.5) is 0 Å². The van der Waals surface area contributed by atoms with Gasteiger partial charge in [0.25, 0.3) is 0 Å². The molecular formula is C10H12O3S. The summed E-state index contributed by atoms with van der Waals surface area (Å²) < 4.78 is 16.1. The predicted molar refractivity (Wildman–Crippen MR) is 54.6 cm³/mol. The maximum absolute atomic E-state index is 11.4. The Labute approximate surface area is 85.7 Å². The second-order valence-corrected chi connectivity index (χ2v) is 4.18. The van der Waals surface area contributed by atoms with E-state index in [0.717, 1.165) is 5.56 Å². The number of Topliss-reactive ketones (excluding diaryl/α,β-unsaturated/α-hetero) is 1. The first-order chi connectivity index (χ1) is 6.56. The number of carbonyl (C=O) groups is 1. The molecule has 0 aliphatic heterocycles. The molecule has 0 aliphatic rings. The maximum Gasteiger partial charge on any atom is 0.189 e. The Morgan fingerprint density at radius 3 is 2.57 bits per heavy atom. The number of hydrogen-bond acceptors (Lipinski definition) is 3. The Morgan fingerprint density at radius 1 is 1.43 bits per heavy atom. The van der Waals surface area contributed by atoms with Crippen LogP contribution in [0.5, 0.6) is 0 Å². The third-order valence-corrected chi connectivity index (χ3v) is 3.03. The van der Waals surface area contributed by atoms with Gasteiger partial charge >= 0.3 is 0 Å². The molecule has 1 aromatic carbocycles. The van der Waals surface area contributed by atoms with Crippen molar-refractivity contribution in [3.8, 4) is 0 Å². The molecule has 0 radical (unpaired) electrons. The summed E-state index contributed by atoms with van der Waals surface area (Å²) in [5, 5.41) is 0. The van der Waals surface area contributed by atoms with Gasteiger partial charge in [-0.05, 0) is 25.5 Å². The number of rotatable bonds is 3. The van der Waals surface area contributed by atoms with E-state index in [4.69, 9.17) is 4.18 Å². The SMILES string of the molecule is COS(=O)c1cc(C(C)=O)ccc1C. The van der Waals surface area contributed by atoms with Crippen LogP contribution in [-0.4, -0.2) is 17.1 Å². The monoisotopic (exact) mass is 212 g/mol. The molecule has 0 spiro atoms. The van der Waals surface area contributed by atoms with Gasteiger partial charge in [0.1, 0.15) is 0 Å². The fraction of sp³-hybridized carbons (Fsp3) is 0.300. The topological polar surface area (TPSA) is 43.4 Å². The van der Waals surface area contributed by atoms with Crippen LogP contribution in [0.15, 0.2) is 23.1 Å². The first-order valence-corrected chi connectivity index (χ1v) is 5.21. The zero-order chi connectivity index (χ0) is 10.7. The van der Waals surface area contributed by atoms with Gasteiger partial charge in [0.15, 0.2) is 16.9 Å². The van der Waals surface area contributed by atoms with E-state index in [1.807, 2.05) is 6.92 Å². The van der Waals surface area contributed by atoms with Crippen LogP contribution in [-0.2, 0) is 15.3 Å². The molecule has 1 unspecified atom stereocenters. The van der Waals surface area contributed by atoms with Gasteiger partial charge in [0, 0.05) is 5.56 Å². The molecule has 0 heterocycles. The maximum atomic E-state index is 11.4. The normalized spacial score (nSPS) is 12.5. The summed E-state index contributed by atoms with van der Waals surface area (Å²) in [5.74, 6) is -0.0423. The molecule has 1 aromatic rings. The minimum atomic E-state index is -1.48. The molecule has 0 amide bonds. The molecule has 0 bridgehead atoms. The van der Waals surface area contributed by atoms with Gasteiger partial charge in [-0.3, -0.25) is 8.98 Å². The first kappa shape index (κ1) is 11.1. The van der Waals surface area contributed by atoms with Crippen molar-refractivity contribution in [2.45, 2.75) is 18.7 Å². The average Bonchev–Trinajstić information content (AvgIpc) is 2.17. The molecule has 0 saturated carbocycles. The van der Waals surface area contributed by atoms with Crippen molar-refractivity contribution >= 4 is 16.9 Å². The van der Waals surface area contributed by atoms with E-state index in [-0.39, 0.29) is 5.78 Å². The summed E-state index contributed by atoms with van der Waals surface area (Å²) in [6.07, 6.45) is 0. The van der Waals surface area contributed by atoms with E-state index in [9.17, 15) is 9.00 Å². The lowest BCUT2D eigenvalue weighted by Gasteiger charge is -2.04. The van der Waals surface area contributed by atoms with Gasteiger partial charge < -0.3 is 0 Å². The molecular weight excluding hydrogens is 200 g/mol. The van der Waals surface area contributed by atoms with Gasteiger partial charge in [-0.25, -0.2) is 4.21 Å². The summed E-state index contributed by atoms with van der Waals surface area (Å²) in [6.45, 7) is 3.31. The minimum absolute atomic E-state index is 0.0423. The Balaban J connectivity index is 3.21. The standard InChI is InChI=1S/C10H12O3S/c1-7-4-5-9(8(2)11)6-10(7)14(12)13-3/h4-6H,1-3H3. The van der Waals surface area contributed by atoms with Gasteiger partial charge in [-0.2, -0.15) is 0 Å². The summed E-state index contributed by atoms with van der Waals surface area (Å²) in [4.78, 5) is 11.6. The number of benzene rings is 1. The van der Waals surface area contributed by atoms with Gasteiger partial charge in [-0.1, -0.05) is 12.1 Å². The van der Waals surface area contributed by atoms with E-state index >= 15 is 0 Å². The number of hydrogen-bond donors (Lipinski definition) is 0. The van der Waals surface area contributed by atoms with Gasteiger partial charge in [-0.15, -0.1) is 0 Å². The fourth-order valence-electron chi connectivity index (χ4n) is 1.09. The van der Waals surface area contributed by atoms with Gasteiger partial charge in [0.05, 0.1) is 12.0 Å². The summed E-state index contributed by atoms with van der Waals surface area (Å²) >= 11 is -1.48. The van der Waals surface area contributed by atoms with Crippen molar-refractivity contribution in [1.29, 1.82) is 0 Å². The van der Waals surface area contributed by atoms with Crippen molar-refractivity contribution in [2.24, 2.45) is 0 Å². The Kier molecular flexibility index (Phi) is 3.55. The molecule has 0 fully saturated rings. The highest BCUT2D eigenvalue weighted by Crippen LogP contribution is 2.16. The summed E-state index contributed by atoms with van der Waals surface area (Å²) in [6, 6.07) is 5.09. The first-order valence-electron chi connectivity index (χ1n) is 4.14. The third kappa shape index (κ3) is 2.27.